The Hall–Kier alpha value is -0.930. The molecule has 1 N–H and O–H groups in total. The molecule has 0 aromatic carbocycles. The molecular weight excluding hydrogens is 248 g/mol. The van der Waals surface area contributed by atoms with Crippen molar-refractivity contribution < 1.29 is 4.74 Å². The maximum atomic E-state index is 5.88. The zero-order valence-electron chi connectivity index (χ0n) is 13.7. The average molecular weight is 278 g/mol. The molecule has 0 saturated carbocycles. The minimum Gasteiger partial charge on any atom is -0.377 e. The Morgan fingerprint density at radius 1 is 1.20 bits per heavy atom. The van der Waals surface area contributed by atoms with Crippen LogP contribution in [-0.4, -0.2) is 30.3 Å². The fourth-order valence-electron chi connectivity index (χ4n) is 2.86. The number of nitrogens with zero attached hydrogens (tertiary/aromatic N) is 1. The zero-order valence-corrected chi connectivity index (χ0v) is 13.7. The van der Waals surface area contributed by atoms with Gasteiger partial charge in [-0.1, -0.05) is 33.8 Å². The standard InChI is InChI=1S/C17H30N2O/c1-6-14-10-11-15(19-13-14)12-16(18-9-4)17(7-2,8-3)20-5/h10-11,13,16,18H,6-9,12H2,1-5H3. The van der Waals surface area contributed by atoms with Crippen LogP contribution in [0.1, 0.15) is 51.8 Å². The van der Waals surface area contributed by atoms with Crippen LogP contribution < -0.4 is 5.32 Å². The molecule has 0 fully saturated rings. The molecule has 0 spiro atoms. The number of rotatable bonds is 9. The van der Waals surface area contributed by atoms with Crippen LogP contribution in [0.2, 0.25) is 0 Å². The normalized spacial score (nSPS) is 13.4. The van der Waals surface area contributed by atoms with E-state index in [1.165, 1.54) is 5.56 Å². The lowest BCUT2D eigenvalue weighted by Crippen LogP contribution is -2.52. The predicted octanol–water partition coefficient (Wildman–Crippen LogP) is 3.37. The zero-order chi connectivity index (χ0) is 15.0. The summed E-state index contributed by atoms with van der Waals surface area (Å²) < 4.78 is 5.88. The molecule has 1 atom stereocenters. The first kappa shape index (κ1) is 17.1. The number of methoxy groups -OCH3 is 1. The summed E-state index contributed by atoms with van der Waals surface area (Å²) in [5, 5.41) is 3.59. The molecule has 0 aliphatic rings. The van der Waals surface area contributed by atoms with Crippen LogP contribution in [-0.2, 0) is 17.6 Å². The third-order valence-electron chi connectivity index (χ3n) is 4.40. The van der Waals surface area contributed by atoms with Crippen LogP contribution in [0.3, 0.4) is 0 Å². The molecule has 114 valence electrons. The van der Waals surface area contributed by atoms with E-state index in [0.29, 0.717) is 6.04 Å². The van der Waals surface area contributed by atoms with Crippen molar-refractivity contribution in [2.24, 2.45) is 0 Å². The van der Waals surface area contributed by atoms with Crippen LogP contribution in [0, 0.1) is 0 Å². The summed E-state index contributed by atoms with van der Waals surface area (Å²) in [5.74, 6) is 0. The number of hydrogen-bond acceptors (Lipinski definition) is 3. The van der Waals surface area contributed by atoms with E-state index in [1.807, 2.05) is 13.3 Å². The van der Waals surface area contributed by atoms with Gasteiger partial charge in [0.1, 0.15) is 0 Å². The number of aromatic nitrogens is 1. The second-order valence-electron chi connectivity index (χ2n) is 5.30. The van der Waals surface area contributed by atoms with Crippen LogP contribution in [0.4, 0.5) is 0 Å². The average Bonchev–Trinajstić information content (AvgIpc) is 2.50. The molecule has 0 saturated heterocycles. The Labute approximate surface area is 124 Å². The summed E-state index contributed by atoms with van der Waals surface area (Å²) in [7, 11) is 1.82. The fourth-order valence-corrected chi connectivity index (χ4v) is 2.86. The quantitative estimate of drug-likeness (QED) is 0.752. The number of aryl methyl sites for hydroxylation is 1. The number of nitrogens with one attached hydrogen (secondary N) is 1. The van der Waals surface area contributed by atoms with Crippen LogP contribution in [0.5, 0.6) is 0 Å². The summed E-state index contributed by atoms with van der Waals surface area (Å²) in [6.45, 7) is 9.65. The Kier molecular flexibility index (Phi) is 7.17. The van der Waals surface area contributed by atoms with E-state index in [-0.39, 0.29) is 5.60 Å². The van der Waals surface area contributed by atoms with Crippen molar-refractivity contribution in [3.05, 3.63) is 29.6 Å². The van der Waals surface area contributed by atoms with Gasteiger partial charge in [0, 0.05) is 31.5 Å². The molecule has 1 aromatic rings. The van der Waals surface area contributed by atoms with E-state index in [2.05, 4.69) is 50.1 Å². The molecule has 1 aromatic heterocycles. The molecule has 0 aliphatic carbocycles. The van der Waals surface area contributed by atoms with Crippen LogP contribution in [0.15, 0.2) is 18.3 Å². The summed E-state index contributed by atoms with van der Waals surface area (Å²) in [6, 6.07) is 4.62. The van der Waals surface area contributed by atoms with Crippen molar-refractivity contribution in [1.29, 1.82) is 0 Å². The molecule has 1 heterocycles. The van der Waals surface area contributed by atoms with E-state index >= 15 is 0 Å². The Balaban J connectivity index is 2.89. The predicted molar refractivity (Wildman–Crippen MR) is 85.1 cm³/mol. The third-order valence-corrected chi connectivity index (χ3v) is 4.40. The van der Waals surface area contributed by atoms with Gasteiger partial charge in [0.05, 0.1) is 5.60 Å². The maximum absolute atomic E-state index is 5.88. The molecule has 1 unspecified atom stereocenters. The highest BCUT2D eigenvalue weighted by molar-refractivity contribution is 5.15. The highest BCUT2D eigenvalue weighted by Crippen LogP contribution is 2.26. The first-order valence-electron chi connectivity index (χ1n) is 7.88. The van der Waals surface area contributed by atoms with Gasteiger partial charge in [-0.2, -0.15) is 0 Å². The van der Waals surface area contributed by atoms with Crippen molar-refractivity contribution in [3.8, 4) is 0 Å². The summed E-state index contributed by atoms with van der Waals surface area (Å²) in [5.41, 5.74) is 2.32. The van der Waals surface area contributed by atoms with Gasteiger partial charge < -0.3 is 10.1 Å². The Morgan fingerprint density at radius 2 is 1.90 bits per heavy atom. The van der Waals surface area contributed by atoms with E-state index in [1.54, 1.807) is 0 Å². The second kappa shape index (κ2) is 8.38. The lowest BCUT2D eigenvalue weighted by molar-refractivity contribution is -0.0470. The maximum Gasteiger partial charge on any atom is 0.0829 e. The number of hydrogen-bond donors (Lipinski definition) is 1. The molecule has 0 aliphatic heterocycles. The van der Waals surface area contributed by atoms with Crippen molar-refractivity contribution in [2.45, 2.75) is 65.0 Å². The Bertz CT molecular complexity index is 363. The first-order chi connectivity index (χ1) is 9.65. The SMILES string of the molecule is CCNC(Cc1ccc(CC)cn1)C(CC)(CC)OC. The summed E-state index contributed by atoms with van der Waals surface area (Å²) in [6.07, 6.45) is 5.95. The van der Waals surface area contributed by atoms with Gasteiger partial charge in [-0.25, -0.2) is 0 Å². The van der Waals surface area contributed by atoms with Gasteiger partial charge in [0.2, 0.25) is 0 Å². The molecule has 0 bridgehead atoms. The van der Waals surface area contributed by atoms with Gasteiger partial charge in [0.25, 0.3) is 0 Å². The van der Waals surface area contributed by atoms with Gasteiger partial charge in [-0.05, 0) is 37.4 Å². The summed E-state index contributed by atoms with van der Waals surface area (Å²) >= 11 is 0. The van der Waals surface area contributed by atoms with Gasteiger partial charge in [0.15, 0.2) is 0 Å². The number of likely N-dealkylation sites (N-methyl/N-ethyl adjacent to an activating group) is 1. The topological polar surface area (TPSA) is 34.2 Å². The van der Waals surface area contributed by atoms with Crippen molar-refractivity contribution in [3.63, 3.8) is 0 Å². The van der Waals surface area contributed by atoms with Crippen molar-refractivity contribution in [1.82, 2.24) is 10.3 Å². The molecule has 20 heavy (non-hydrogen) atoms. The fraction of sp³-hybridized carbons (Fsp3) is 0.706. The lowest BCUT2D eigenvalue weighted by atomic mass is 9.85. The monoisotopic (exact) mass is 278 g/mol. The van der Waals surface area contributed by atoms with Gasteiger partial charge >= 0.3 is 0 Å². The molecule has 0 radical (unpaired) electrons. The Morgan fingerprint density at radius 3 is 2.30 bits per heavy atom. The molecule has 1 rings (SSSR count). The van der Waals surface area contributed by atoms with Crippen molar-refractivity contribution in [2.75, 3.05) is 13.7 Å². The van der Waals surface area contributed by atoms with Gasteiger partial charge in [-0.3, -0.25) is 4.98 Å². The highest BCUT2D eigenvalue weighted by Gasteiger charge is 2.35. The number of ether oxygens (including phenoxy) is 1. The van der Waals surface area contributed by atoms with E-state index in [9.17, 15) is 0 Å². The highest BCUT2D eigenvalue weighted by atomic mass is 16.5. The minimum atomic E-state index is -0.110. The first-order valence-corrected chi connectivity index (χ1v) is 7.88. The van der Waals surface area contributed by atoms with E-state index in [0.717, 1.165) is 37.9 Å². The largest absolute Gasteiger partial charge is 0.377 e. The summed E-state index contributed by atoms with van der Waals surface area (Å²) in [4.78, 5) is 4.59. The molecular formula is C17H30N2O. The van der Waals surface area contributed by atoms with E-state index < -0.39 is 0 Å². The van der Waals surface area contributed by atoms with Crippen LogP contribution in [0.25, 0.3) is 0 Å². The molecule has 3 heteroatoms. The molecule has 0 amide bonds. The van der Waals surface area contributed by atoms with E-state index in [4.69, 9.17) is 4.74 Å². The van der Waals surface area contributed by atoms with Crippen molar-refractivity contribution >= 4 is 0 Å². The minimum absolute atomic E-state index is 0.110. The van der Waals surface area contributed by atoms with Crippen LogP contribution >= 0.6 is 0 Å². The smallest absolute Gasteiger partial charge is 0.0829 e. The second-order valence-corrected chi connectivity index (χ2v) is 5.30. The molecule has 3 nitrogen and oxygen atoms in total. The lowest BCUT2D eigenvalue weighted by Gasteiger charge is -2.39. The number of pyridine rings is 1. The van der Waals surface area contributed by atoms with Gasteiger partial charge in [-0.15, -0.1) is 0 Å². The third kappa shape index (κ3) is 4.03.